The van der Waals surface area contributed by atoms with Crippen molar-refractivity contribution in [2.75, 3.05) is 18.0 Å². The van der Waals surface area contributed by atoms with Crippen LogP contribution in [-0.4, -0.2) is 29.4 Å². The van der Waals surface area contributed by atoms with Crippen LogP contribution in [0.2, 0.25) is 0 Å². The van der Waals surface area contributed by atoms with Crippen LogP contribution >= 0.6 is 0 Å². The average Bonchev–Trinajstić information content (AvgIpc) is 2.32. The largest absolute Gasteiger partial charge is 0.393 e. The van der Waals surface area contributed by atoms with Gasteiger partial charge in [-0.1, -0.05) is 25.1 Å². The number of aliphatic hydroxyl groups excluding tert-OH is 2. The van der Waals surface area contributed by atoms with Crippen LogP contribution in [0.4, 0.5) is 5.69 Å². The fraction of sp³-hybridized carbons (Fsp3) is 0.571. The van der Waals surface area contributed by atoms with Gasteiger partial charge in [-0.3, -0.25) is 0 Å². The first-order valence-electron chi connectivity index (χ1n) is 6.29. The maximum atomic E-state index is 9.78. The SMILES string of the molecule is CC(O)c1ccccc1N1CCC(O)C(C)C1. The van der Waals surface area contributed by atoms with E-state index < -0.39 is 6.10 Å². The van der Waals surface area contributed by atoms with E-state index in [9.17, 15) is 10.2 Å². The highest BCUT2D eigenvalue weighted by molar-refractivity contribution is 5.54. The summed E-state index contributed by atoms with van der Waals surface area (Å²) in [6.45, 7) is 5.57. The highest BCUT2D eigenvalue weighted by Crippen LogP contribution is 2.29. The Bertz CT molecular complexity index is 378. The lowest BCUT2D eigenvalue weighted by Gasteiger charge is -2.37. The van der Waals surface area contributed by atoms with Crippen LogP contribution in [0.3, 0.4) is 0 Å². The lowest BCUT2D eigenvalue weighted by molar-refractivity contribution is 0.0968. The Morgan fingerprint density at radius 3 is 2.71 bits per heavy atom. The molecule has 2 N–H and O–H groups in total. The Morgan fingerprint density at radius 1 is 1.35 bits per heavy atom. The number of hydrogen-bond acceptors (Lipinski definition) is 3. The summed E-state index contributed by atoms with van der Waals surface area (Å²) in [5, 5.41) is 19.5. The van der Waals surface area contributed by atoms with Crippen molar-refractivity contribution in [3.8, 4) is 0 Å². The molecule has 0 amide bonds. The van der Waals surface area contributed by atoms with Crippen LogP contribution < -0.4 is 4.90 Å². The van der Waals surface area contributed by atoms with Gasteiger partial charge in [0.15, 0.2) is 0 Å². The Morgan fingerprint density at radius 2 is 2.06 bits per heavy atom. The summed E-state index contributed by atoms with van der Waals surface area (Å²) in [5.41, 5.74) is 2.07. The molecule has 1 fully saturated rings. The molecule has 0 saturated carbocycles. The minimum absolute atomic E-state index is 0.190. The van der Waals surface area contributed by atoms with Gasteiger partial charge in [-0.05, 0) is 25.3 Å². The molecule has 3 nitrogen and oxygen atoms in total. The van der Waals surface area contributed by atoms with Gasteiger partial charge in [-0.25, -0.2) is 0 Å². The molecule has 0 bridgehead atoms. The van der Waals surface area contributed by atoms with E-state index in [2.05, 4.69) is 11.8 Å². The predicted molar refractivity (Wildman–Crippen MR) is 69.1 cm³/mol. The van der Waals surface area contributed by atoms with E-state index in [4.69, 9.17) is 0 Å². The number of hydrogen-bond donors (Lipinski definition) is 2. The zero-order valence-electron chi connectivity index (χ0n) is 10.5. The van der Waals surface area contributed by atoms with E-state index in [1.54, 1.807) is 6.92 Å². The molecule has 1 aliphatic rings. The predicted octanol–water partition coefficient (Wildman–Crippen LogP) is 1.95. The number of para-hydroxylation sites is 1. The van der Waals surface area contributed by atoms with Crippen molar-refractivity contribution >= 4 is 5.69 Å². The van der Waals surface area contributed by atoms with E-state index in [0.29, 0.717) is 0 Å². The lowest BCUT2D eigenvalue weighted by Crippen LogP contribution is -2.42. The number of anilines is 1. The van der Waals surface area contributed by atoms with E-state index in [0.717, 1.165) is 30.8 Å². The molecule has 3 heteroatoms. The molecule has 0 aromatic heterocycles. The molecule has 3 unspecified atom stereocenters. The minimum atomic E-state index is -0.451. The number of piperidine rings is 1. The first-order chi connectivity index (χ1) is 8.09. The van der Waals surface area contributed by atoms with Gasteiger partial charge >= 0.3 is 0 Å². The lowest BCUT2D eigenvalue weighted by atomic mass is 9.95. The molecule has 0 aliphatic carbocycles. The van der Waals surface area contributed by atoms with Gasteiger partial charge in [0.1, 0.15) is 0 Å². The van der Waals surface area contributed by atoms with Crippen molar-refractivity contribution in [2.45, 2.75) is 32.5 Å². The van der Waals surface area contributed by atoms with Crippen molar-refractivity contribution in [1.82, 2.24) is 0 Å². The van der Waals surface area contributed by atoms with Gasteiger partial charge in [0.25, 0.3) is 0 Å². The van der Waals surface area contributed by atoms with Gasteiger partial charge in [-0.2, -0.15) is 0 Å². The van der Waals surface area contributed by atoms with Crippen LogP contribution in [0.25, 0.3) is 0 Å². The van der Waals surface area contributed by atoms with Crippen molar-refractivity contribution in [3.05, 3.63) is 29.8 Å². The maximum absolute atomic E-state index is 9.78. The molecule has 1 saturated heterocycles. The zero-order valence-corrected chi connectivity index (χ0v) is 10.5. The van der Waals surface area contributed by atoms with Gasteiger partial charge < -0.3 is 15.1 Å². The number of aliphatic hydroxyl groups is 2. The van der Waals surface area contributed by atoms with Crippen LogP contribution in [-0.2, 0) is 0 Å². The summed E-state index contributed by atoms with van der Waals surface area (Å²) in [5.74, 6) is 0.283. The second-order valence-electron chi connectivity index (χ2n) is 5.01. The Hall–Kier alpha value is -1.06. The second-order valence-corrected chi connectivity index (χ2v) is 5.01. The van der Waals surface area contributed by atoms with Gasteiger partial charge in [0, 0.05) is 24.3 Å². The first kappa shape index (κ1) is 12.4. The summed E-state index contributed by atoms with van der Waals surface area (Å²) in [7, 11) is 0. The molecule has 1 aromatic carbocycles. The first-order valence-corrected chi connectivity index (χ1v) is 6.29. The van der Waals surface area contributed by atoms with Crippen LogP contribution in [0.15, 0.2) is 24.3 Å². The summed E-state index contributed by atoms with van der Waals surface area (Å²) < 4.78 is 0. The number of nitrogens with zero attached hydrogens (tertiary/aromatic N) is 1. The molecule has 1 aliphatic heterocycles. The molecular weight excluding hydrogens is 214 g/mol. The monoisotopic (exact) mass is 235 g/mol. The molecular formula is C14H21NO2. The summed E-state index contributed by atoms with van der Waals surface area (Å²) in [4.78, 5) is 2.26. The molecule has 94 valence electrons. The summed E-state index contributed by atoms with van der Waals surface area (Å²) >= 11 is 0. The van der Waals surface area contributed by atoms with Crippen molar-refractivity contribution in [2.24, 2.45) is 5.92 Å². The van der Waals surface area contributed by atoms with Crippen LogP contribution in [0.1, 0.15) is 31.9 Å². The minimum Gasteiger partial charge on any atom is -0.393 e. The summed E-state index contributed by atoms with van der Waals surface area (Å²) in [6.07, 6.45) is 0.160. The number of benzene rings is 1. The molecule has 0 spiro atoms. The van der Waals surface area contributed by atoms with E-state index >= 15 is 0 Å². The van der Waals surface area contributed by atoms with Crippen LogP contribution in [0, 0.1) is 5.92 Å². The number of rotatable bonds is 2. The topological polar surface area (TPSA) is 43.7 Å². The molecule has 1 heterocycles. The highest BCUT2D eigenvalue weighted by Gasteiger charge is 2.25. The average molecular weight is 235 g/mol. The van der Waals surface area contributed by atoms with Gasteiger partial charge in [0.05, 0.1) is 12.2 Å². The smallest absolute Gasteiger partial charge is 0.0781 e. The van der Waals surface area contributed by atoms with Crippen molar-refractivity contribution in [1.29, 1.82) is 0 Å². The highest BCUT2D eigenvalue weighted by atomic mass is 16.3. The van der Waals surface area contributed by atoms with E-state index in [1.807, 2.05) is 24.3 Å². The molecule has 3 atom stereocenters. The maximum Gasteiger partial charge on any atom is 0.0781 e. The van der Waals surface area contributed by atoms with Crippen LogP contribution in [0.5, 0.6) is 0 Å². The third kappa shape index (κ3) is 2.61. The molecule has 0 radical (unpaired) electrons. The molecule has 2 rings (SSSR count). The van der Waals surface area contributed by atoms with Gasteiger partial charge in [-0.15, -0.1) is 0 Å². The Kier molecular flexibility index (Phi) is 3.69. The standard InChI is InChI=1S/C14H21NO2/c1-10-9-15(8-7-14(10)17)13-6-4-3-5-12(13)11(2)16/h3-6,10-11,14,16-17H,7-9H2,1-2H3. The molecule has 1 aromatic rings. The third-order valence-electron chi connectivity index (χ3n) is 3.59. The third-order valence-corrected chi connectivity index (χ3v) is 3.59. The fourth-order valence-corrected chi connectivity index (χ4v) is 2.48. The summed E-state index contributed by atoms with van der Waals surface area (Å²) in [6, 6.07) is 7.97. The quantitative estimate of drug-likeness (QED) is 0.823. The normalized spacial score (nSPS) is 26.9. The second kappa shape index (κ2) is 5.07. The molecule has 17 heavy (non-hydrogen) atoms. The van der Waals surface area contributed by atoms with Crippen molar-refractivity contribution < 1.29 is 10.2 Å². The Balaban J connectivity index is 2.22. The Labute approximate surface area is 103 Å². The van der Waals surface area contributed by atoms with Crippen molar-refractivity contribution in [3.63, 3.8) is 0 Å². The fourth-order valence-electron chi connectivity index (χ4n) is 2.48. The van der Waals surface area contributed by atoms with Gasteiger partial charge in [0.2, 0.25) is 0 Å². The van der Waals surface area contributed by atoms with E-state index in [1.165, 1.54) is 0 Å². The van der Waals surface area contributed by atoms with E-state index in [-0.39, 0.29) is 12.0 Å². The zero-order chi connectivity index (χ0) is 12.4.